The molecule has 0 aliphatic carbocycles. The van der Waals surface area contributed by atoms with E-state index in [0.717, 1.165) is 6.07 Å². The summed E-state index contributed by atoms with van der Waals surface area (Å²) in [7, 11) is 0. The van der Waals surface area contributed by atoms with E-state index >= 15 is 0 Å². The summed E-state index contributed by atoms with van der Waals surface area (Å²) >= 11 is 2.90. The van der Waals surface area contributed by atoms with Crippen LogP contribution < -0.4 is 10.6 Å². The Morgan fingerprint density at radius 3 is 2.57 bits per heavy atom. The lowest BCUT2D eigenvalue weighted by molar-refractivity contribution is -0.138. The maximum atomic E-state index is 12.8. The molecule has 0 aliphatic heterocycles. The van der Waals surface area contributed by atoms with Crippen molar-refractivity contribution in [3.8, 4) is 0 Å². The van der Waals surface area contributed by atoms with E-state index in [1.807, 2.05) is 6.92 Å². The Morgan fingerprint density at radius 1 is 1.19 bits per heavy atom. The Morgan fingerprint density at radius 2 is 1.90 bits per heavy atom. The smallest absolute Gasteiger partial charge is 0.369 e. The lowest BCUT2D eigenvalue weighted by Gasteiger charge is -2.12. The molecule has 0 aliphatic rings. The number of hydrogen-bond acceptors (Lipinski definition) is 4. The summed E-state index contributed by atoms with van der Waals surface area (Å²) in [5.74, 6) is 0.916. The number of aromatic nitrogens is 2. The Balaban J connectivity index is 2.26. The first kappa shape index (κ1) is 15.6. The monoisotopic (exact) mass is 360 g/mol. The van der Waals surface area contributed by atoms with Crippen molar-refractivity contribution in [2.24, 2.45) is 0 Å². The van der Waals surface area contributed by atoms with E-state index in [1.54, 1.807) is 0 Å². The largest absolute Gasteiger partial charge is 0.417 e. The Hall–Kier alpha value is -1.83. The Bertz CT molecular complexity index is 631. The molecule has 0 amide bonds. The minimum Gasteiger partial charge on any atom is -0.369 e. The highest BCUT2D eigenvalue weighted by molar-refractivity contribution is 9.10. The first-order valence-electron chi connectivity index (χ1n) is 6.10. The van der Waals surface area contributed by atoms with Gasteiger partial charge in [-0.2, -0.15) is 13.2 Å². The molecule has 112 valence electrons. The molecule has 0 bridgehead atoms. The highest BCUT2D eigenvalue weighted by Gasteiger charge is 2.33. The number of hydrogen-bond donors (Lipinski definition) is 2. The van der Waals surface area contributed by atoms with Gasteiger partial charge < -0.3 is 10.6 Å². The first-order valence-corrected chi connectivity index (χ1v) is 6.89. The molecule has 0 unspecified atom stereocenters. The minimum atomic E-state index is -4.42. The third-order valence-corrected chi connectivity index (χ3v) is 3.23. The summed E-state index contributed by atoms with van der Waals surface area (Å²) in [6, 6.07) is 3.89. The summed E-state index contributed by atoms with van der Waals surface area (Å²) in [6.07, 6.45) is -1.44. The van der Waals surface area contributed by atoms with Crippen LogP contribution in [0.25, 0.3) is 0 Å². The Labute approximate surface area is 127 Å². The zero-order valence-corrected chi connectivity index (χ0v) is 12.6. The maximum absolute atomic E-state index is 12.8. The van der Waals surface area contributed by atoms with Crippen LogP contribution in [0, 0.1) is 0 Å². The third kappa shape index (κ3) is 4.07. The van der Waals surface area contributed by atoms with Gasteiger partial charge in [-0.3, -0.25) is 4.98 Å². The molecule has 0 spiro atoms. The maximum Gasteiger partial charge on any atom is 0.417 e. The minimum absolute atomic E-state index is 0.00645. The predicted octanol–water partition coefficient (Wildman–Crippen LogP) is 4.43. The van der Waals surface area contributed by atoms with Crippen molar-refractivity contribution in [2.45, 2.75) is 13.1 Å². The number of nitrogens with zero attached hydrogens (tertiary/aromatic N) is 2. The summed E-state index contributed by atoms with van der Waals surface area (Å²) in [4.78, 5) is 8.16. The van der Waals surface area contributed by atoms with Crippen LogP contribution in [0.3, 0.4) is 0 Å². The third-order valence-electron chi connectivity index (χ3n) is 2.54. The number of alkyl halides is 3. The van der Waals surface area contributed by atoms with Gasteiger partial charge in [0.1, 0.15) is 5.82 Å². The van der Waals surface area contributed by atoms with Crippen LogP contribution in [0.1, 0.15) is 12.5 Å². The average Bonchev–Trinajstić information content (AvgIpc) is 2.40. The molecule has 0 saturated heterocycles. The fourth-order valence-corrected chi connectivity index (χ4v) is 2.13. The molecule has 0 radical (unpaired) electrons. The second-order valence-electron chi connectivity index (χ2n) is 4.14. The number of benzene rings is 1. The van der Waals surface area contributed by atoms with Crippen molar-refractivity contribution < 1.29 is 13.2 Å². The molecular formula is C13H12BrF3N4. The van der Waals surface area contributed by atoms with Crippen LogP contribution in [0.2, 0.25) is 0 Å². The van der Waals surface area contributed by atoms with Gasteiger partial charge in [-0.1, -0.05) is 15.9 Å². The van der Waals surface area contributed by atoms with E-state index in [1.165, 1.54) is 24.5 Å². The van der Waals surface area contributed by atoms with Crippen LogP contribution in [-0.4, -0.2) is 16.5 Å². The Kier molecular flexibility index (Phi) is 4.66. The number of nitrogens with one attached hydrogen (secondary N) is 2. The SMILES string of the molecule is CCNc1cncc(Nc2ccc(Br)c(C(F)(F)F)c2)n1. The second-order valence-corrected chi connectivity index (χ2v) is 4.99. The van der Waals surface area contributed by atoms with Gasteiger partial charge >= 0.3 is 6.18 Å². The van der Waals surface area contributed by atoms with Crippen molar-refractivity contribution in [1.29, 1.82) is 0 Å². The molecule has 1 heterocycles. The lowest BCUT2D eigenvalue weighted by Crippen LogP contribution is -2.07. The van der Waals surface area contributed by atoms with Gasteiger partial charge in [0.25, 0.3) is 0 Å². The van der Waals surface area contributed by atoms with Crippen LogP contribution >= 0.6 is 15.9 Å². The van der Waals surface area contributed by atoms with Crippen molar-refractivity contribution >= 4 is 33.3 Å². The molecule has 1 aromatic carbocycles. The summed E-state index contributed by atoms with van der Waals surface area (Å²) in [6.45, 7) is 2.58. The van der Waals surface area contributed by atoms with Crippen molar-refractivity contribution in [2.75, 3.05) is 17.2 Å². The van der Waals surface area contributed by atoms with Gasteiger partial charge in [-0.25, -0.2) is 4.98 Å². The molecule has 4 nitrogen and oxygen atoms in total. The molecule has 0 saturated carbocycles. The van der Waals surface area contributed by atoms with Gasteiger partial charge in [0.05, 0.1) is 18.0 Å². The fraction of sp³-hybridized carbons (Fsp3) is 0.231. The number of anilines is 3. The van der Waals surface area contributed by atoms with Crippen LogP contribution in [0.15, 0.2) is 35.1 Å². The molecule has 2 N–H and O–H groups in total. The van der Waals surface area contributed by atoms with Gasteiger partial charge in [0.2, 0.25) is 0 Å². The molecule has 0 atom stereocenters. The van der Waals surface area contributed by atoms with Crippen molar-refractivity contribution in [3.63, 3.8) is 0 Å². The van der Waals surface area contributed by atoms with Gasteiger partial charge in [-0.15, -0.1) is 0 Å². The highest BCUT2D eigenvalue weighted by Crippen LogP contribution is 2.36. The normalized spacial score (nSPS) is 11.3. The van der Waals surface area contributed by atoms with Gasteiger partial charge in [0.15, 0.2) is 5.82 Å². The highest BCUT2D eigenvalue weighted by atomic mass is 79.9. The van der Waals surface area contributed by atoms with E-state index in [0.29, 0.717) is 18.2 Å². The van der Waals surface area contributed by atoms with Crippen molar-refractivity contribution in [3.05, 3.63) is 40.6 Å². The van der Waals surface area contributed by atoms with Gasteiger partial charge in [-0.05, 0) is 25.1 Å². The van der Waals surface area contributed by atoms with E-state index in [2.05, 4.69) is 36.5 Å². The first-order chi connectivity index (χ1) is 9.90. The molecule has 1 aromatic heterocycles. The quantitative estimate of drug-likeness (QED) is 0.846. The van der Waals surface area contributed by atoms with Crippen molar-refractivity contribution in [1.82, 2.24) is 9.97 Å². The van der Waals surface area contributed by atoms with E-state index < -0.39 is 11.7 Å². The van der Waals surface area contributed by atoms with Gasteiger partial charge in [0, 0.05) is 16.7 Å². The lowest BCUT2D eigenvalue weighted by atomic mass is 10.2. The summed E-state index contributed by atoms with van der Waals surface area (Å²) in [5.41, 5.74) is -0.461. The summed E-state index contributed by atoms with van der Waals surface area (Å²) in [5, 5.41) is 5.79. The molecule has 21 heavy (non-hydrogen) atoms. The molecule has 2 rings (SSSR count). The standard InChI is InChI=1S/C13H12BrF3N4/c1-2-19-11-6-18-7-12(21-11)20-8-3-4-10(14)9(5-8)13(15,16)17/h3-7H,2H2,1H3,(H2,19,20,21). The predicted molar refractivity (Wildman–Crippen MR) is 78.6 cm³/mol. The molecule has 8 heteroatoms. The summed E-state index contributed by atoms with van der Waals surface area (Å²) < 4.78 is 38.5. The van der Waals surface area contributed by atoms with E-state index in [9.17, 15) is 13.2 Å². The topological polar surface area (TPSA) is 49.8 Å². The zero-order chi connectivity index (χ0) is 15.5. The number of halogens is 4. The fourth-order valence-electron chi connectivity index (χ4n) is 1.66. The average molecular weight is 361 g/mol. The van der Waals surface area contributed by atoms with Crippen LogP contribution in [0.4, 0.5) is 30.5 Å². The van der Waals surface area contributed by atoms with E-state index in [-0.39, 0.29) is 10.2 Å². The zero-order valence-electron chi connectivity index (χ0n) is 11.0. The second kappa shape index (κ2) is 6.30. The number of rotatable bonds is 4. The molecule has 0 fully saturated rings. The van der Waals surface area contributed by atoms with Crippen LogP contribution in [0.5, 0.6) is 0 Å². The molecule has 2 aromatic rings. The van der Waals surface area contributed by atoms with Crippen LogP contribution in [-0.2, 0) is 6.18 Å². The molecular weight excluding hydrogens is 349 g/mol. The van der Waals surface area contributed by atoms with E-state index in [4.69, 9.17) is 0 Å².